The van der Waals surface area contributed by atoms with Crippen LogP contribution < -0.4 is 20.7 Å². The van der Waals surface area contributed by atoms with Crippen molar-refractivity contribution in [1.29, 1.82) is 0 Å². The minimum atomic E-state index is -0.174. The Morgan fingerprint density at radius 1 is 1.04 bits per heavy atom. The van der Waals surface area contributed by atoms with Crippen molar-refractivity contribution < 1.29 is 14.3 Å². The van der Waals surface area contributed by atoms with E-state index in [1.165, 1.54) is 6.92 Å². The predicted molar refractivity (Wildman–Crippen MR) is 100.0 cm³/mol. The van der Waals surface area contributed by atoms with Crippen LogP contribution in [-0.4, -0.2) is 25.0 Å². The molecule has 0 aliphatic rings. The zero-order chi connectivity index (χ0) is 18.1. The van der Waals surface area contributed by atoms with Gasteiger partial charge in [-0.3, -0.25) is 9.59 Å². The molecule has 0 unspecified atom stereocenters. The lowest BCUT2D eigenvalue weighted by Crippen LogP contribution is -2.21. The van der Waals surface area contributed by atoms with E-state index in [4.69, 9.17) is 4.74 Å². The smallest absolute Gasteiger partial charge is 0.243 e. The summed E-state index contributed by atoms with van der Waals surface area (Å²) in [6, 6.07) is 14.3. The molecule has 0 saturated carbocycles. The second kappa shape index (κ2) is 9.12. The van der Waals surface area contributed by atoms with Crippen molar-refractivity contribution in [2.75, 3.05) is 29.1 Å². The van der Waals surface area contributed by atoms with Crippen molar-refractivity contribution in [2.24, 2.45) is 0 Å². The number of hydrogen-bond donors (Lipinski definition) is 3. The van der Waals surface area contributed by atoms with E-state index < -0.39 is 0 Å². The van der Waals surface area contributed by atoms with Gasteiger partial charge in [0, 0.05) is 30.1 Å². The molecular weight excluding hydrogens is 318 g/mol. The number of rotatable bonds is 8. The van der Waals surface area contributed by atoms with E-state index in [1.54, 1.807) is 42.5 Å². The summed E-state index contributed by atoms with van der Waals surface area (Å²) < 4.78 is 5.43. The monoisotopic (exact) mass is 339 g/mol. The van der Waals surface area contributed by atoms with E-state index in [2.05, 4.69) is 22.5 Å². The fraction of sp³-hybridized carbons (Fsp3) is 0.158. The first-order valence-electron chi connectivity index (χ1n) is 7.82. The fourth-order valence-electron chi connectivity index (χ4n) is 2.08. The molecule has 2 rings (SSSR count). The maximum Gasteiger partial charge on any atom is 0.243 e. The third kappa shape index (κ3) is 6.39. The third-order valence-corrected chi connectivity index (χ3v) is 3.14. The van der Waals surface area contributed by atoms with Gasteiger partial charge >= 0.3 is 0 Å². The number of carbonyl (C=O) groups excluding carboxylic acids is 2. The van der Waals surface area contributed by atoms with Gasteiger partial charge in [0.1, 0.15) is 12.4 Å². The molecule has 0 heterocycles. The molecule has 2 aromatic rings. The van der Waals surface area contributed by atoms with E-state index in [-0.39, 0.29) is 18.4 Å². The maximum atomic E-state index is 12.0. The van der Waals surface area contributed by atoms with Crippen LogP contribution in [-0.2, 0) is 9.59 Å². The molecule has 0 atom stereocenters. The molecule has 0 aliphatic carbocycles. The largest absolute Gasteiger partial charge is 0.489 e. The van der Waals surface area contributed by atoms with Crippen LogP contribution in [0.25, 0.3) is 0 Å². The van der Waals surface area contributed by atoms with Crippen molar-refractivity contribution in [2.45, 2.75) is 6.92 Å². The van der Waals surface area contributed by atoms with Crippen molar-refractivity contribution in [1.82, 2.24) is 0 Å². The summed E-state index contributed by atoms with van der Waals surface area (Å²) in [4.78, 5) is 23.0. The summed E-state index contributed by atoms with van der Waals surface area (Å²) in [5, 5.41) is 8.51. The van der Waals surface area contributed by atoms with Gasteiger partial charge in [0.05, 0.1) is 6.54 Å². The summed E-state index contributed by atoms with van der Waals surface area (Å²) in [5.41, 5.74) is 2.15. The Kier molecular flexibility index (Phi) is 6.59. The Balaban J connectivity index is 1.84. The van der Waals surface area contributed by atoms with E-state index in [9.17, 15) is 9.59 Å². The van der Waals surface area contributed by atoms with E-state index in [0.29, 0.717) is 23.7 Å². The molecular formula is C19H21N3O3. The Labute approximate surface area is 146 Å². The van der Waals surface area contributed by atoms with Crippen molar-refractivity contribution in [3.05, 3.63) is 61.2 Å². The van der Waals surface area contributed by atoms with Crippen molar-refractivity contribution in [3.63, 3.8) is 0 Å². The molecule has 0 bridgehead atoms. The predicted octanol–water partition coefficient (Wildman–Crippen LogP) is 3.26. The molecule has 6 heteroatoms. The van der Waals surface area contributed by atoms with Gasteiger partial charge in [-0.05, 0) is 36.4 Å². The lowest BCUT2D eigenvalue weighted by atomic mass is 10.2. The number of ether oxygens (including phenoxy) is 1. The molecule has 0 aromatic heterocycles. The summed E-state index contributed by atoms with van der Waals surface area (Å²) in [5.74, 6) is 0.366. The molecule has 130 valence electrons. The highest BCUT2D eigenvalue weighted by Gasteiger charge is 2.04. The van der Waals surface area contributed by atoms with Crippen molar-refractivity contribution in [3.8, 4) is 5.75 Å². The van der Waals surface area contributed by atoms with Gasteiger partial charge in [0.2, 0.25) is 11.8 Å². The third-order valence-electron chi connectivity index (χ3n) is 3.14. The van der Waals surface area contributed by atoms with Crippen LogP contribution in [0.3, 0.4) is 0 Å². The topological polar surface area (TPSA) is 79.5 Å². The number of anilines is 3. The van der Waals surface area contributed by atoms with Gasteiger partial charge in [0.15, 0.2) is 0 Å². The second-order valence-corrected chi connectivity index (χ2v) is 5.29. The average Bonchev–Trinajstić information content (AvgIpc) is 2.59. The van der Waals surface area contributed by atoms with Crippen LogP contribution >= 0.6 is 0 Å². The van der Waals surface area contributed by atoms with E-state index in [0.717, 1.165) is 5.69 Å². The molecule has 6 nitrogen and oxygen atoms in total. The first-order chi connectivity index (χ1) is 12.1. The number of amides is 2. The molecule has 0 radical (unpaired) electrons. The van der Waals surface area contributed by atoms with Gasteiger partial charge in [-0.1, -0.05) is 18.7 Å². The van der Waals surface area contributed by atoms with Crippen molar-refractivity contribution >= 4 is 28.9 Å². The first kappa shape index (κ1) is 18.1. The highest BCUT2D eigenvalue weighted by molar-refractivity contribution is 5.94. The van der Waals surface area contributed by atoms with Gasteiger partial charge in [-0.25, -0.2) is 0 Å². The Bertz CT molecular complexity index is 742. The minimum absolute atomic E-state index is 0.122. The zero-order valence-corrected chi connectivity index (χ0v) is 14.0. The van der Waals surface area contributed by atoms with Crippen LogP contribution in [0.1, 0.15) is 6.92 Å². The summed E-state index contributed by atoms with van der Waals surface area (Å²) in [7, 11) is 0. The standard InChI is InChI=1S/C19H21N3O3/c1-3-11-25-18-6-4-5-17(12-18)22-19(24)13-20-15-7-9-16(10-8-15)21-14(2)23/h3-10,12,20H,1,11,13H2,2H3,(H,21,23)(H,22,24). The molecule has 3 N–H and O–H groups in total. The molecule has 0 spiro atoms. The zero-order valence-electron chi connectivity index (χ0n) is 14.0. The number of nitrogens with one attached hydrogen (secondary N) is 3. The molecule has 2 aromatic carbocycles. The molecule has 25 heavy (non-hydrogen) atoms. The highest BCUT2D eigenvalue weighted by Crippen LogP contribution is 2.17. The molecule has 0 aliphatic heterocycles. The van der Waals surface area contributed by atoms with Gasteiger partial charge in [0.25, 0.3) is 0 Å². The second-order valence-electron chi connectivity index (χ2n) is 5.29. The van der Waals surface area contributed by atoms with Gasteiger partial charge < -0.3 is 20.7 Å². The van der Waals surface area contributed by atoms with E-state index in [1.807, 2.05) is 12.1 Å². The molecule has 0 saturated heterocycles. The number of benzene rings is 2. The van der Waals surface area contributed by atoms with Crippen LogP contribution in [0.4, 0.5) is 17.1 Å². The van der Waals surface area contributed by atoms with Crippen LogP contribution in [0.2, 0.25) is 0 Å². The fourth-order valence-corrected chi connectivity index (χ4v) is 2.08. The lowest BCUT2D eigenvalue weighted by Gasteiger charge is -2.10. The van der Waals surface area contributed by atoms with Crippen LogP contribution in [0.5, 0.6) is 5.75 Å². The SMILES string of the molecule is C=CCOc1cccc(NC(=O)CNc2ccc(NC(C)=O)cc2)c1. The minimum Gasteiger partial charge on any atom is -0.489 e. The summed E-state index contributed by atoms with van der Waals surface area (Å²) >= 11 is 0. The average molecular weight is 339 g/mol. The first-order valence-corrected chi connectivity index (χ1v) is 7.82. The van der Waals surface area contributed by atoms with E-state index >= 15 is 0 Å². The van der Waals surface area contributed by atoms with Gasteiger partial charge in [-0.2, -0.15) is 0 Å². The number of carbonyl (C=O) groups is 2. The van der Waals surface area contributed by atoms with Crippen LogP contribution in [0, 0.1) is 0 Å². The number of hydrogen-bond acceptors (Lipinski definition) is 4. The van der Waals surface area contributed by atoms with Crippen LogP contribution in [0.15, 0.2) is 61.2 Å². The Morgan fingerprint density at radius 2 is 1.76 bits per heavy atom. The Morgan fingerprint density at radius 3 is 2.44 bits per heavy atom. The maximum absolute atomic E-state index is 12.0. The highest BCUT2D eigenvalue weighted by atomic mass is 16.5. The quantitative estimate of drug-likeness (QED) is 0.645. The molecule has 0 fully saturated rings. The summed E-state index contributed by atoms with van der Waals surface area (Å²) in [6.07, 6.45) is 1.66. The lowest BCUT2D eigenvalue weighted by molar-refractivity contribution is -0.115. The molecule has 2 amide bonds. The normalized spacial score (nSPS) is 9.80. The van der Waals surface area contributed by atoms with Gasteiger partial charge in [-0.15, -0.1) is 0 Å². The Hall–Kier alpha value is -3.28. The summed E-state index contributed by atoms with van der Waals surface area (Å²) in [6.45, 7) is 5.58.